The van der Waals surface area contributed by atoms with Gasteiger partial charge in [0.25, 0.3) is 11.8 Å². The number of ether oxygens (including phenoxy) is 1. The molecule has 8 heteroatoms. The smallest absolute Gasteiger partial charge is 0.276 e. The molecule has 2 aromatic carbocycles. The van der Waals surface area contributed by atoms with Crippen molar-refractivity contribution >= 4 is 39.3 Å². The van der Waals surface area contributed by atoms with Crippen LogP contribution in [-0.4, -0.2) is 24.3 Å². The number of rotatable bonds is 6. The van der Waals surface area contributed by atoms with Crippen molar-refractivity contribution in [2.24, 2.45) is 0 Å². The van der Waals surface area contributed by atoms with E-state index in [4.69, 9.17) is 4.74 Å². The lowest BCUT2D eigenvalue weighted by Gasteiger charge is -2.09. The van der Waals surface area contributed by atoms with E-state index in [1.807, 2.05) is 0 Å². The Balaban J connectivity index is 1.77. The Morgan fingerprint density at radius 1 is 0.923 bits per heavy atom. The normalized spacial score (nSPS) is 9.92. The van der Waals surface area contributed by atoms with Crippen LogP contribution in [0.15, 0.2) is 53.0 Å². The molecular weight excluding hydrogens is 402 g/mol. The van der Waals surface area contributed by atoms with Crippen LogP contribution in [0.25, 0.3) is 0 Å². The van der Waals surface area contributed by atoms with Gasteiger partial charge in [-0.15, -0.1) is 0 Å². The minimum absolute atomic E-state index is 0.111. The Hall–Kier alpha value is -2.87. The van der Waals surface area contributed by atoms with Gasteiger partial charge >= 0.3 is 0 Å². The van der Waals surface area contributed by atoms with Crippen LogP contribution < -0.4 is 20.9 Å². The Morgan fingerprint density at radius 2 is 1.58 bits per heavy atom. The van der Waals surface area contributed by atoms with E-state index in [0.717, 1.165) is 4.47 Å². The molecule has 0 aliphatic heterocycles. The van der Waals surface area contributed by atoms with Gasteiger partial charge in [0.15, 0.2) is 6.61 Å². The summed E-state index contributed by atoms with van der Waals surface area (Å²) in [5.74, 6) is -0.539. The van der Waals surface area contributed by atoms with Crippen molar-refractivity contribution in [3.63, 3.8) is 0 Å². The second-order valence-electron chi connectivity index (χ2n) is 5.22. The second-order valence-corrected chi connectivity index (χ2v) is 6.14. The van der Waals surface area contributed by atoms with Crippen molar-refractivity contribution in [2.75, 3.05) is 11.9 Å². The molecule has 0 atom stereocenters. The summed E-state index contributed by atoms with van der Waals surface area (Å²) in [5, 5.41) is 2.68. The summed E-state index contributed by atoms with van der Waals surface area (Å²) in [6.07, 6.45) is 0.372. The van der Waals surface area contributed by atoms with E-state index >= 15 is 0 Å². The number of amides is 3. The zero-order valence-corrected chi connectivity index (χ0v) is 15.6. The molecule has 0 spiro atoms. The summed E-state index contributed by atoms with van der Waals surface area (Å²) in [6.45, 7) is 1.52. The highest BCUT2D eigenvalue weighted by Crippen LogP contribution is 2.15. The van der Waals surface area contributed by atoms with Gasteiger partial charge in [-0.2, -0.15) is 0 Å². The SMILES string of the molecule is CCC(=O)Nc1ccc(C(=O)NNC(=O)COc2ccc(Br)cc2)cc1. The number of nitrogens with one attached hydrogen (secondary N) is 3. The van der Waals surface area contributed by atoms with Crippen molar-refractivity contribution in [1.82, 2.24) is 10.9 Å². The molecule has 0 bridgehead atoms. The lowest BCUT2D eigenvalue weighted by atomic mass is 10.2. The van der Waals surface area contributed by atoms with Crippen LogP contribution in [0.4, 0.5) is 5.69 Å². The summed E-state index contributed by atoms with van der Waals surface area (Å²) in [7, 11) is 0. The summed E-state index contributed by atoms with van der Waals surface area (Å²) < 4.78 is 6.20. The lowest BCUT2D eigenvalue weighted by molar-refractivity contribution is -0.123. The van der Waals surface area contributed by atoms with E-state index in [2.05, 4.69) is 32.1 Å². The van der Waals surface area contributed by atoms with Crippen LogP contribution in [0, 0.1) is 0 Å². The molecule has 26 heavy (non-hydrogen) atoms. The fraction of sp³-hybridized carbons (Fsp3) is 0.167. The summed E-state index contributed by atoms with van der Waals surface area (Å²) in [6, 6.07) is 13.3. The number of hydrazine groups is 1. The maximum absolute atomic E-state index is 12.0. The lowest BCUT2D eigenvalue weighted by Crippen LogP contribution is -2.43. The van der Waals surface area contributed by atoms with Gasteiger partial charge in [0.1, 0.15) is 5.75 Å². The van der Waals surface area contributed by atoms with Crippen molar-refractivity contribution in [1.29, 1.82) is 0 Å². The van der Waals surface area contributed by atoms with Crippen LogP contribution in [0.1, 0.15) is 23.7 Å². The molecule has 0 radical (unpaired) electrons. The highest BCUT2D eigenvalue weighted by molar-refractivity contribution is 9.10. The third kappa shape index (κ3) is 6.21. The average Bonchev–Trinajstić information content (AvgIpc) is 2.66. The maximum atomic E-state index is 12.0. The van der Waals surface area contributed by atoms with Gasteiger partial charge < -0.3 is 10.1 Å². The number of carbonyl (C=O) groups is 3. The standard InChI is InChI=1S/C18H18BrN3O4/c1-2-16(23)20-14-7-3-12(4-8-14)18(25)22-21-17(24)11-26-15-9-5-13(19)6-10-15/h3-10H,2,11H2,1H3,(H,20,23)(H,21,24)(H,22,25). The minimum Gasteiger partial charge on any atom is -0.484 e. The first-order valence-corrected chi connectivity index (χ1v) is 8.64. The molecule has 0 unspecified atom stereocenters. The van der Waals surface area contributed by atoms with E-state index in [0.29, 0.717) is 23.4 Å². The Bertz CT molecular complexity index is 776. The van der Waals surface area contributed by atoms with Gasteiger partial charge in [-0.05, 0) is 48.5 Å². The number of hydrogen-bond acceptors (Lipinski definition) is 4. The first-order chi connectivity index (χ1) is 12.5. The quantitative estimate of drug-likeness (QED) is 0.626. The first-order valence-electron chi connectivity index (χ1n) is 7.85. The van der Waals surface area contributed by atoms with Gasteiger partial charge in [-0.3, -0.25) is 25.2 Å². The molecule has 0 fully saturated rings. The second kappa shape index (κ2) is 9.57. The summed E-state index contributed by atoms with van der Waals surface area (Å²) in [4.78, 5) is 35.0. The third-order valence-corrected chi connectivity index (χ3v) is 3.78. The molecule has 0 aromatic heterocycles. The van der Waals surface area contributed by atoms with Crippen LogP contribution in [0.3, 0.4) is 0 Å². The van der Waals surface area contributed by atoms with E-state index in [9.17, 15) is 14.4 Å². The van der Waals surface area contributed by atoms with Gasteiger partial charge in [-0.1, -0.05) is 22.9 Å². The van der Waals surface area contributed by atoms with E-state index < -0.39 is 11.8 Å². The minimum atomic E-state index is -0.493. The van der Waals surface area contributed by atoms with Crippen molar-refractivity contribution in [3.8, 4) is 5.75 Å². The number of benzene rings is 2. The molecule has 0 heterocycles. The molecule has 0 aliphatic carbocycles. The predicted molar refractivity (Wildman–Crippen MR) is 101 cm³/mol. The van der Waals surface area contributed by atoms with Crippen molar-refractivity contribution in [2.45, 2.75) is 13.3 Å². The largest absolute Gasteiger partial charge is 0.484 e. The van der Waals surface area contributed by atoms with Crippen LogP contribution >= 0.6 is 15.9 Å². The Labute approximate surface area is 159 Å². The highest BCUT2D eigenvalue weighted by Gasteiger charge is 2.08. The number of hydrogen-bond donors (Lipinski definition) is 3. The van der Waals surface area contributed by atoms with Gasteiger partial charge in [0.05, 0.1) is 0 Å². The molecule has 3 amide bonds. The molecule has 7 nitrogen and oxygen atoms in total. The van der Waals surface area contributed by atoms with E-state index in [-0.39, 0.29) is 12.5 Å². The monoisotopic (exact) mass is 419 g/mol. The molecule has 2 rings (SSSR count). The van der Waals surface area contributed by atoms with Crippen molar-refractivity contribution in [3.05, 3.63) is 58.6 Å². The Morgan fingerprint density at radius 3 is 2.19 bits per heavy atom. The molecule has 0 aliphatic rings. The topological polar surface area (TPSA) is 96.5 Å². The molecule has 0 saturated heterocycles. The molecule has 136 valence electrons. The third-order valence-electron chi connectivity index (χ3n) is 3.25. The summed E-state index contributed by atoms with van der Waals surface area (Å²) >= 11 is 3.31. The number of halogens is 1. The van der Waals surface area contributed by atoms with E-state index in [1.54, 1.807) is 55.5 Å². The molecule has 2 aromatic rings. The highest BCUT2D eigenvalue weighted by atomic mass is 79.9. The van der Waals surface area contributed by atoms with Gasteiger partial charge in [-0.25, -0.2) is 0 Å². The maximum Gasteiger partial charge on any atom is 0.276 e. The zero-order chi connectivity index (χ0) is 18.9. The molecule has 3 N–H and O–H groups in total. The van der Waals surface area contributed by atoms with Gasteiger partial charge in [0, 0.05) is 22.1 Å². The average molecular weight is 420 g/mol. The first kappa shape index (κ1) is 19.5. The Kier molecular flexibility index (Phi) is 7.16. The van der Waals surface area contributed by atoms with Crippen LogP contribution in [-0.2, 0) is 9.59 Å². The molecular formula is C18H18BrN3O4. The fourth-order valence-electron chi connectivity index (χ4n) is 1.87. The number of carbonyl (C=O) groups excluding carboxylic acids is 3. The molecule has 0 saturated carbocycles. The van der Waals surface area contributed by atoms with Crippen molar-refractivity contribution < 1.29 is 19.1 Å². The summed E-state index contributed by atoms with van der Waals surface area (Å²) in [5.41, 5.74) is 5.52. The van der Waals surface area contributed by atoms with Gasteiger partial charge in [0.2, 0.25) is 5.91 Å². The van der Waals surface area contributed by atoms with Crippen LogP contribution in [0.2, 0.25) is 0 Å². The fourth-order valence-corrected chi connectivity index (χ4v) is 2.13. The van der Waals surface area contributed by atoms with E-state index in [1.165, 1.54) is 0 Å². The number of anilines is 1. The van der Waals surface area contributed by atoms with Crippen LogP contribution in [0.5, 0.6) is 5.75 Å². The zero-order valence-electron chi connectivity index (χ0n) is 14.0. The predicted octanol–water partition coefficient (Wildman–Crippen LogP) is 2.64.